The summed E-state index contributed by atoms with van der Waals surface area (Å²) in [6, 6.07) is 0. The van der Waals surface area contributed by atoms with Gasteiger partial charge in [0, 0.05) is 23.7 Å². The topological polar surface area (TPSA) is 57.5 Å². The molecule has 4 aliphatic rings. The smallest absolute Gasteiger partial charge is 0.136 e. The van der Waals surface area contributed by atoms with E-state index in [0.29, 0.717) is 35.4 Å². The standard InChI is InChI=1S/C25H38O3/c1-16-13-18(27)14-17-7-8-19-20(24(16,17)5)9-11-23(4)21(19)15-22(2,3)25(23,28)10-6-12-26/h16-17,19-21,26,28H,7-9,11-15H2,1-5H3/t16-,17-,19+,20-,21-,23-,24-,25-/m0/s1. The molecule has 3 nitrogen and oxygen atoms in total. The molecule has 4 aliphatic carbocycles. The summed E-state index contributed by atoms with van der Waals surface area (Å²) >= 11 is 0. The van der Waals surface area contributed by atoms with E-state index < -0.39 is 5.60 Å². The van der Waals surface area contributed by atoms with Crippen LogP contribution in [0, 0.1) is 57.7 Å². The van der Waals surface area contributed by atoms with Crippen LogP contribution in [0.3, 0.4) is 0 Å². The molecule has 0 aliphatic heterocycles. The highest BCUT2D eigenvalue weighted by Gasteiger charge is 2.70. The fourth-order valence-corrected chi connectivity index (χ4v) is 8.57. The number of carbonyl (C=O) groups excluding carboxylic acids is 1. The van der Waals surface area contributed by atoms with Gasteiger partial charge in [-0.1, -0.05) is 46.5 Å². The van der Waals surface area contributed by atoms with Gasteiger partial charge in [0.1, 0.15) is 18.0 Å². The molecule has 4 fully saturated rings. The van der Waals surface area contributed by atoms with Gasteiger partial charge in [0.15, 0.2) is 0 Å². The van der Waals surface area contributed by atoms with E-state index in [4.69, 9.17) is 0 Å². The van der Waals surface area contributed by atoms with Crippen LogP contribution in [0.4, 0.5) is 0 Å². The SMILES string of the molecule is C[C@H]1CC(=O)C[C@@H]2CC[C@@H]3[C@H](CC[C@@]4(C)[C@H]3CC(C)(C)[C@@]4(O)C#CCO)[C@]21C. The Hall–Kier alpha value is -0.850. The van der Waals surface area contributed by atoms with Gasteiger partial charge in [-0.05, 0) is 67.1 Å². The van der Waals surface area contributed by atoms with Gasteiger partial charge in [-0.3, -0.25) is 4.79 Å². The number of Topliss-reactive ketones (excluding diaryl/α,β-unsaturated/α-hetero) is 1. The predicted octanol–water partition coefficient (Wildman–Crippen LogP) is 4.21. The monoisotopic (exact) mass is 386 g/mol. The number of aliphatic hydroxyl groups excluding tert-OH is 1. The van der Waals surface area contributed by atoms with E-state index in [1.165, 1.54) is 6.42 Å². The molecule has 0 spiro atoms. The van der Waals surface area contributed by atoms with Gasteiger partial charge in [0.25, 0.3) is 0 Å². The summed E-state index contributed by atoms with van der Waals surface area (Å²) in [6.45, 7) is 11.2. The Morgan fingerprint density at radius 3 is 2.46 bits per heavy atom. The maximum atomic E-state index is 12.3. The zero-order chi connectivity index (χ0) is 20.5. The van der Waals surface area contributed by atoms with Gasteiger partial charge < -0.3 is 10.2 Å². The maximum absolute atomic E-state index is 12.3. The fraction of sp³-hybridized carbons (Fsp3) is 0.880. The zero-order valence-corrected chi connectivity index (χ0v) is 18.3. The molecule has 4 saturated carbocycles. The second kappa shape index (κ2) is 6.32. The van der Waals surface area contributed by atoms with Crippen molar-refractivity contribution in [1.82, 2.24) is 0 Å². The molecule has 2 N–H and O–H groups in total. The number of carbonyl (C=O) groups is 1. The predicted molar refractivity (Wildman–Crippen MR) is 110 cm³/mol. The average molecular weight is 387 g/mol. The first-order chi connectivity index (χ1) is 13.0. The Morgan fingerprint density at radius 1 is 1.07 bits per heavy atom. The van der Waals surface area contributed by atoms with Crippen molar-refractivity contribution < 1.29 is 15.0 Å². The minimum absolute atomic E-state index is 0.198. The highest BCUT2D eigenvalue weighted by atomic mass is 16.3. The van der Waals surface area contributed by atoms with Crippen molar-refractivity contribution in [2.75, 3.05) is 6.61 Å². The highest BCUT2D eigenvalue weighted by molar-refractivity contribution is 5.80. The Kier molecular flexibility index (Phi) is 4.61. The Balaban J connectivity index is 1.73. The van der Waals surface area contributed by atoms with E-state index in [0.717, 1.165) is 38.5 Å². The number of aliphatic hydroxyl groups is 2. The third kappa shape index (κ3) is 2.40. The molecule has 0 unspecified atom stereocenters. The summed E-state index contributed by atoms with van der Waals surface area (Å²) in [5.74, 6) is 9.10. The van der Waals surface area contributed by atoms with Gasteiger partial charge in [-0.25, -0.2) is 0 Å². The Labute approximate surface area is 170 Å². The molecule has 0 bridgehead atoms. The van der Waals surface area contributed by atoms with Crippen molar-refractivity contribution >= 4 is 5.78 Å². The fourth-order valence-electron chi connectivity index (χ4n) is 8.57. The largest absolute Gasteiger partial charge is 0.384 e. The Bertz CT molecular complexity index is 730. The van der Waals surface area contributed by atoms with Gasteiger partial charge in [-0.2, -0.15) is 0 Å². The summed E-state index contributed by atoms with van der Waals surface area (Å²) in [6.07, 6.45) is 6.98. The molecule has 8 atom stereocenters. The molecule has 0 aromatic rings. The van der Waals surface area contributed by atoms with Crippen LogP contribution >= 0.6 is 0 Å². The van der Waals surface area contributed by atoms with E-state index in [2.05, 4.69) is 46.5 Å². The van der Waals surface area contributed by atoms with Crippen molar-refractivity contribution in [2.45, 2.75) is 85.2 Å². The summed E-state index contributed by atoms with van der Waals surface area (Å²) in [5.41, 5.74) is -1.31. The van der Waals surface area contributed by atoms with Crippen molar-refractivity contribution in [2.24, 2.45) is 45.8 Å². The molecule has 156 valence electrons. The van der Waals surface area contributed by atoms with E-state index in [1.807, 2.05) is 0 Å². The van der Waals surface area contributed by atoms with Crippen molar-refractivity contribution in [3.05, 3.63) is 0 Å². The highest BCUT2D eigenvalue weighted by Crippen LogP contribution is 2.72. The van der Waals surface area contributed by atoms with Gasteiger partial charge in [0.05, 0.1) is 0 Å². The Morgan fingerprint density at radius 2 is 1.79 bits per heavy atom. The van der Waals surface area contributed by atoms with Crippen LogP contribution in [-0.4, -0.2) is 28.2 Å². The van der Waals surface area contributed by atoms with Crippen molar-refractivity contribution in [3.8, 4) is 11.8 Å². The molecule has 0 saturated heterocycles. The lowest BCUT2D eigenvalue weighted by molar-refractivity contribution is -0.163. The van der Waals surface area contributed by atoms with Crippen molar-refractivity contribution in [3.63, 3.8) is 0 Å². The van der Waals surface area contributed by atoms with Gasteiger partial charge in [0.2, 0.25) is 0 Å². The van der Waals surface area contributed by atoms with Crippen LogP contribution in [0.5, 0.6) is 0 Å². The molecule has 4 rings (SSSR count). The number of fused-ring (bicyclic) bond motifs is 5. The minimum Gasteiger partial charge on any atom is -0.384 e. The summed E-state index contributed by atoms with van der Waals surface area (Å²) in [4.78, 5) is 12.3. The van der Waals surface area contributed by atoms with Gasteiger partial charge in [-0.15, -0.1) is 0 Å². The van der Waals surface area contributed by atoms with Crippen LogP contribution in [0.1, 0.15) is 79.6 Å². The molecular weight excluding hydrogens is 348 g/mol. The second-order valence-electron chi connectivity index (χ2n) is 11.6. The molecule has 28 heavy (non-hydrogen) atoms. The average Bonchev–Trinajstić information content (AvgIpc) is 2.78. The first kappa shape index (κ1) is 20.4. The minimum atomic E-state index is -1.05. The third-order valence-electron chi connectivity index (χ3n) is 10.3. The van der Waals surface area contributed by atoms with Crippen LogP contribution in [0.25, 0.3) is 0 Å². The molecule has 0 radical (unpaired) electrons. The first-order valence-electron chi connectivity index (χ1n) is 11.4. The van der Waals surface area contributed by atoms with E-state index in [1.54, 1.807) is 0 Å². The second-order valence-corrected chi connectivity index (χ2v) is 11.6. The van der Waals surface area contributed by atoms with Crippen LogP contribution in [0.15, 0.2) is 0 Å². The molecule has 0 amide bonds. The molecule has 3 heteroatoms. The van der Waals surface area contributed by atoms with Gasteiger partial charge >= 0.3 is 0 Å². The summed E-state index contributed by atoms with van der Waals surface area (Å²) < 4.78 is 0. The maximum Gasteiger partial charge on any atom is 0.136 e. The molecule has 0 aromatic heterocycles. The van der Waals surface area contributed by atoms with Crippen LogP contribution < -0.4 is 0 Å². The molecular formula is C25H38O3. The van der Waals surface area contributed by atoms with Crippen LogP contribution in [0.2, 0.25) is 0 Å². The van der Waals surface area contributed by atoms with Crippen molar-refractivity contribution in [1.29, 1.82) is 0 Å². The number of ketones is 1. The number of hydrogen-bond donors (Lipinski definition) is 2. The lowest BCUT2D eigenvalue weighted by Crippen LogP contribution is -2.59. The quantitative estimate of drug-likeness (QED) is 0.613. The normalized spacial score (nSPS) is 52.1. The summed E-state index contributed by atoms with van der Waals surface area (Å²) in [7, 11) is 0. The van der Waals surface area contributed by atoms with E-state index in [9.17, 15) is 15.0 Å². The zero-order valence-electron chi connectivity index (χ0n) is 18.3. The molecule has 0 heterocycles. The number of rotatable bonds is 0. The van der Waals surface area contributed by atoms with Crippen LogP contribution in [-0.2, 0) is 4.79 Å². The summed E-state index contributed by atoms with van der Waals surface area (Å²) in [5, 5.41) is 21.1. The van der Waals surface area contributed by atoms with E-state index >= 15 is 0 Å². The lowest BCUT2D eigenvalue weighted by Gasteiger charge is -2.62. The third-order valence-corrected chi connectivity index (χ3v) is 10.3. The molecule has 0 aromatic carbocycles. The van der Waals surface area contributed by atoms with E-state index in [-0.39, 0.29) is 22.9 Å². The lowest BCUT2D eigenvalue weighted by atomic mass is 9.42. The number of hydrogen-bond acceptors (Lipinski definition) is 3. The first-order valence-corrected chi connectivity index (χ1v) is 11.4.